The van der Waals surface area contributed by atoms with Crippen LogP contribution >= 0.6 is 0 Å². The van der Waals surface area contributed by atoms with E-state index in [1.807, 2.05) is 0 Å². The number of hydrogen-bond donors (Lipinski definition) is 0. The van der Waals surface area contributed by atoms with Crippen molar-refractivity contribution in [3.8, 4) is 0 Å². The molecule has 2 aliphatic carbocycles. The van der Waals surface area contributed by atoms with E-state index in [0.29, 0.717) is 7.25 Å². The van der Waals surface area contributed by atoms with Gasteiger partial charge in [-0.3, -0.25) is 0 Å². The number of benzene rings is 4. The average molecular weight is 534 g/mol. The van der Waals surface area contributed by atoms with Crippen molar-refractivity contribution >= 4 is 32.7 Å². The molecular weight excluding hydrogens is 500 g/mol. The van der Waals surface area contributed by atoms with Crippen LogP contribution in [-0.2, 0) is 20.3 Å². The molecule has 4 bridgehead atoms. The SMILES string of the molecule is CC1=C2CCCCC3=C(C)[CH](c4ccc5ccccc5c43)[Zr]([CH3])([CH3])[CH]1c1ccc3ccccc3c12. The van der Waals surface area contributed by atoms with Crippen LogP contribution < -0.4 is 0 Å². The van der Waals surface area contributed by atoms with E-state index in [1.54, 1.807) is 44.5 Å². The third-order valence-corrected chi connectivity index (χ3v) is 20.5. The second-order valence-corrected chi connectivity index (χ2v) is 23.5. The van der Waals surface area contributed by atoms with Crippen molar-refractivity contribution in [2.24, 2.45) is 0 Å². The summed E-state index contributed by atoms with van der Waals surface area (Å²) in [6, 6.07) is 28.0. The molecule has 0 aromatic heterocycles. The Bertz CT molecular complexity index is 1480. The molecule has 2 atom stereocenters. The average Bonchev–Trinajstić information content (AvgIpc) is 3.32. The summed E-state index contributed by atoms with van der Waals surface area (Å²) in [6.07, 6.45) is 5.01. The summed E-state index contributed by atoms with van der Waals surface area (Å²) < 4.78 is 6.82. The van der Waals surface area contributed by atoms with Crippen molar-refractivity contribution in [3.63, 3.8) is 0 Å². The topological polar surface area (TPSA) is 0 Å². The Kier molecular flexibility index (Phi) is 4.95. The summed E-state index contributed by atoms with van der Waals surface area (Å²) in [5, 5.41) is 5.75. The van der Waals surface area contributed by atoms with Crippen LogP contribution in [0.4, 0.5) is 0 Å². The Hall–Kier alpha value is -2.24. The second kappa shape index (κ2) is 7.88. The number of rotatable bonds is 0. The molecule has 0 radical (unpaired) electrons. The van der Waals surface area contributed by atoms with Crippen molar-refractivity contribution in [2.75, 3.05) is 0 Å². The van der Waals surface area contributed by atoms with Crippen molar-refractivity contribution in [1.82, 2.24) is 0 Å². The van der Waals surface area contributed by atoms with E-state index in [-0.39, 0.29) is 0 Å². The first kappa shape index (κ1) is 22.0. The molecule has 1 heteroatoms. The molecule has 1 heterocycles. The normalized spacial score (nSPS) is 23.0. The van der Waals surface area contributed by atoms with Crippen LogP contribution in [0, 0.1) is 0 Å². The van der Waals surface area contributed by atoms with Gasteiger partial charge in [-0.1, -0.05) is 0 Å². The molecule has 0 spiro atoms. The van der Waals surface area contributed by atoms with Crippen LogP contribution in [0.2, 0.25) is 9.26 Å². The monoisotopic (exact) mass is 532 g/mol. The molecule has 0 nitrogen and oxygen atoms in total. The Morgan fingerprint density at radius 3 is 1.46 bits per heavy atom. The van der Waals surface area contributed by atoms with Gasteiger partial charge >= 0.3 is 215 Å². The molecule has 0 N–H and O–H groups in total. The predicted octanol–water partition coefficient (Wildman–Crippen LogP) is 10.2. The molecule has 3 aliphatic rings. The van der Waals surface area contributed by atoms with E-state index in [0.717, 1.165) is 0 Å². The minimum atomic E-state index is -2.83. The first-order valence-electron chi connectivity index (χ1n) is 13.4. The quantitative estimate of drug-likeness (QED) is 0.211. The summed E-state index contributed by atoms with van der Waals surface area (Å²) in [5.41, 5.74) is 13.3. The van der Waals surface area contributed by atoms with Gasteiger partial charge in [-0.25, -0.2) is 0 Å². The van der Waals surface area contributed by atoms with Gasteiger partial charge in [-0.15, -0.1) is 0 Å². The zero-order valence-electron chi connectivity index (χ0n) is 21.4. The molecule has 7 rings (SSSR count). The molecule has 174 valence electrons. The van der Waals surface area contributed by atoms with Gasteiger partial charge in [0, 0.05) is 0 Å². The van der Waals surface area contributed by atoms with Crippen LogP contribution in [0.25, 0.3) is 32.7 Å². The van der Waals surface area contributed by atoms with E-state index in [9.17, 15) is 0 Å². The second-order valence-electron chi connectivity index (χ2n) is 11.7. The summed E-state index contributed by atoms with van der Waals surface area (Å²) >= 11 is -2.83. The van der Waals surface area contributed by atoms with Crippen molar-refractivity contribution in [2.45, 2.75) is 56.0 Å². The van der Waals surface area contributed by atoms with Gasteiger partial charge in [0.15, 0.2) is 0 Å². The fourth-order valence-electron chi connectivity index (χ4n) is 8.27. The summed E-state index contributed by atoms with van der Waals surface area (Å²) in [7, 11) is 0. The van der Waals surface area contributed by atoms with Gasteiger partial charge < -0.3 is 0 Å². The Morgan fingerprint density at radius 2 is 1.00 bits per heavy atom. The van der Waals surface area contributed by atoms with E-state index in [1.165, 1.54) is 47.2 Å². The molecule has 4 aromatic carbocycles. The standard InChI is InChI=1S/C32H28.2CH3.Zr/c1-21-19-25-17-15-23-9-3-5-13-29(23)31(25)27(21)11-7-8-12-28-22(2)20-26-18-16-24-10-4-6-14-30(24)32(26)28;;;/h3-6,9-10,13-20H,7-8,11-12H2,1-2H3;2*1H3;. The van der Waals surface area contributed by atoms with Gasteiger partial charge in [0.1, 0.15) is 0 Å². The van der Waals surface area contributed by atoms with Crippen LogP contribution in [0.15, 0.2) is 83.9 Å². The number of hydrogen-bond acceptors (Lipinski definition) is 0. The van der Waals surface area contributed by atoms with Crippen LogP contribution in [0.5, 0.6) is 0 Å². The third kappa shape index (κ3) is 3.01. The first-order chi connectivity index (χ1) is 17.0. The van der Waals surface area contributed by atoms with Crippen molar-refractivity contribution in [1.29, 1.82) is 0 Å². The van der Waals surface area contributed by atoms with Gasteiger partial charge in [0.2, 0.25) is 0 Å². The molecule has 1 aliphatic heterocycles. The first-order valence-corrected chi connectivity index (χ1v) is 21.2. The minimum absolute atomic E-state index is 0.649. The molecule has 4 aromatic rings. The zero-order valence-corrected chi connectivity index (χ0v) is 23.9. The third-order valence-electron chi connectivity index (χ3n) is 9.56. The Morgan fingerprint density at radius 1 is 0.571 bits per heavy atom. The van der Waals surface area contributed by atoms with Gasteiger partial charge in [-0.2, -0.15) is 0 Å². The van der Waals surface area contributed by atoms with E-state index >= 15 is 0 Å². The predicted molar refractivity (Wildman–Crippen MR) is 149 cm³/mol. The molecule has 2 unspecified atom stereocenters. The van der Waals surface area contributed by atoms with Crippen molar-refractivity contribution in [3.05, 3.63) is 106 Å². The van der Waals surface area contributed by atoms with Crippen molar-refractivity contribution < 1.29 is 20.3 Å². The summed E-state index contributed by atoms with van der Waals surface area (Å²) in [4.78, 5) is 0. The summed E-state index contributed by atoms with van der Waals surface area (Å²) in [6.45, 7) is 5.00. The fraction of sp³-hybridized carbons (Fsp3) is 0.294. The summed E-state index contributed by atoms with van der Waals surface area (Å²) in [5.74, 6) is 0. The van der Waals surface area contributed by atoms with Gasteiger partial charge in [-0.05, 0) is 0 Å². The fourth-order valence-corrected chi connectivity index (χ4v) is 20.6. The molecule has 0 saturated heterocycles. The zero-order chi connectivity index (χ0) is 23.9. The van der Waals surface area contributed by atoms with Crippen LogP contribution in [-0.4, -0.2) is 0 Å². The number of allylic oxidation sites excluding steroid dienone is 4. The van der Waals surface area contributed by atoms with E-state index in [2.05, 4.69) is 95.9 Å². The maximum atomic E-state index is 2.76. The van der Waals surface area contributed by atoms with Crippen LogP contribution in [0.1, 0.15) is 69.0 Å². The Balaban J connectivity index is 1.51. The van der Waals surface area contributed by atoms with Crippen LogP contribution in [0.3, 0.4) is 0 Å². The van der Waals surface area contributed by atoms with Gasteiger partial charge in [0.25, 0.3) is 0 Å². The molecule has 0 amide bonds. The van der Waals surface area contributed by atoms with E-state index in [4.69, 9.17) is 0 Å². The van der Waals surface area contributed by atoms with Gasteiger partial charge in [0.05, 0.1) is 0 Å². The molecular formula is C34H34Zr. The van der Waals surface area contributed by atoms with E-state index < -0.39 is 20.3 Å². The molecule has 0 saturated carbocycles. The molecule has 0 fully saturated rings. The Labute approximate surface area is 214 Å². The molecule has 35 heavy (non-hydrogen) atoms. The maximum absolute atomic E-state index is 2.83. The number of fused-ring (bicyclic) bond motifs is 12.